The second-order valence-corrected chi connectivity index (χ2v) is 8.35. The number of ether oxygens (including phenoxy) is 1. The number of carboxylic acid groups (broad SMARTS) is 1. The van der Waals surface area contributed by atoms with Crippen LogP contribution in [0.1, 0.15) is 22.3 Å². The van der Waals surface area contributed by atoms with E-state index in [4.69, 9.17) is 4.74 Å². The van der Waals surface area contributed by atoms with Gasteiger partial charge in [0.2, 0.25) is 0 Å². The molecule has 4 nitrogen and oxygen atoms in total. The molecule has 0 aromatic heterocycles. The second-order valence-electron chi connectivity index (χ2n) is 8.35. The molecule has 1 atom stereocenters. The van der Waals surface area contributed by atoms with E-state index in [9.17, 15) is 9.90 Å². The Labute approximate surface area is 201 Å². The molecule has 4 aromatic rings. The molecule has 1 N–H and O–H groups in total. The smallest absolute Gasteiger partial charge is 0.321 e. The number of aliphatic carboxylic acids is 1. The van der Waals surface area contributed by atoms with Crippen molar-refractivity contribution in [3.63, 3.8) is 0 Å². The largest absolute Gasteiger partial charge is 0.489 e. The van der Waals surface area contributed by atoms with Gasteiger partial charge in [-0.15, -0.1) is 0 Å². The second kappa shape index (κ2) is 11.8. The summed E-state index contributed by atoms with van der Waals surface area (Å²) < 4.78 is 5.88. The van der Waals surface area contributed by atoms with Crippen LogP contribution in [0.3, 0.4) is 0 Å². The van der Waals surface area contributed by atoms with Crippen LogP contribution in [-0.2, 0) is 30.9 Å². The lowest BCUT2D eigenvalue weighted by atomic mass is 10.0. The van der Waals surface area contributed by atoms with Crippen molar-refractivity contribution >= 4 is 5.97 Å². The van der Waals surface area contributed by atoms with Crippen molar-refractivity contribution in [2.24, 2.45) is 0 Å². The van der Waals surface area contributed by atoms with E-state index in [1.165, 1.54) is 0 Å². The zero-order valence-corrected chi connectivity index (χ0v) is 19.1. The molecule has 172 valence electrons. The summed E-state index contributed by atoms with van der Waals surface area (Å²) in [6, 6.07) is 37.1. The molecule has 0 amide bonds. The Morgan fingerprint density at radius 2 is 1.12 bits per heavy atom. The Morgan fingerprint density at radius 1 is 0.647 bits per heavy atom. The summed E-state index contributed by atoms with van der Waals surface area (Å²) in [5.74, 6) is -0.0545. The normalized spacial score (nSPS) is 11.8. The predicted molar refractivity (Wildman–Crippen MR) is 134 cm³/mol. The number of nitrogens with zero attached hydrogens (tertiary/aromatic N) is 1. The van der Waals surface area contributed by atoms with E-state index in [0.29, 0.717) is 26.1 Å². The van der Waals surface area contributed by atoms with E-state index >= 15 is 0 Å². The molecule has 4 rings (SSSR count). The zero-order valence-electron chi connectivity index (χ0n) is 19.1. The van der Waals surface area contributed by atoms with E-state index < -0.39 is 12.0 Å². The van der Waals surface area contributed by atoms with Gasteiger partial charge < -0.3 is 9.84 Å². The first-order valence-corrected chi connectivity index (χ1v) is 11.5. The predicted octanol–water partition coefficient (Wildman–Crippen LogP) is 5.96. The fourth-order valence-electron chi connectivity index (χ4n) is 3.97. The van der Waals surface area contributed by atoms with Crippen LogP contribution in [0.4, 0.5) is 0 Å². The SMILES string of the molecule is O=C(O)C(Cc1ccc(OCc2ccccc2)cc1)N(Cc1ccccc1)Cc1ccccc1. The Morgan fingerprint density at radius 3 is 1.59 bits per heavy atom. The maximum atomic E-state index is 12.4. The average Bonchev–Trinajstić information content (AvgIpc) is 2.88. The molecule has 0 aliphatic carbocycles. The van der Waals surface area contributed by atoms with Crippen LogP contribution < -0.4 is 4.74 Å². The maximum absolute atomic E-state index is 12.4. The van der Waals surface area contributed by atoms with Crippen molar-refractivity contribution in [3.8, 4) is 5.75 Å². The van der Waals surface area contributed by atoms with Crippen molar-refractivity contribution in [1.29, 1.82) is 0 Å². The summed E-state index contributed by atoms with van der Waals surface area (Å²) >= 11 is 0. The van der Waals surface area contributed by atoms with Gasteiger partial charge in [-0.25, -0.2) is 0 Å². The van der Waals surface area contributed by atoms with Crippen LogP contribution in [0, 0.1) is 0 Å². The van der Waals surface area contributed by atoms with Crippen LogP contribution in [0.2, 0.25) is 0 Å². The standard InChI is InChI=1S/C30H29NO3/c32-30(33)29(20-24-16-18-28(19-17-24)34-23-27-14-8-3-9-15-27)31(21-25-10-4-1-5-11-25)22-26-12-6-2-7-13-26/h1-19,29H,20-23H2,(H,32,33). The van der Waals surface area contributed by atoms with E-state index in [0.717, 1.165) is 28.0 Å². The molecule has 0 heterocycles. The Balaban J connectivity index is 1.48. The summed E-state index contributed by atoms with van der Waals surface area (Å²) in [7, 11) is 0. The highest BCUT2D eigenvalue weighted by Gasteiger charge is 2.26. The van der Waals surface area contributed by atoms with E-state index in [1.807, 2.05) is 120 Å². The van der Waals surface area contributed by atoms with Crippen LogP contribution >= 0.6 is 0 Å². The summed E-state index contributed by atoms with van der Waals surface area (Å²) in [6.07, 6.45) is 0.411. The third kappa shape index (κ3) is 6.80. The highest BCUT2D eigenvalue weighted by atomic mass is 16.5. The van der Waals surface area contributed by atoms with E-state index in [2.05, 4.69) is 0 Å². The third-order valence-electron chi connectivity index (χ3n) is 5.78. The number of rotatable bonds is 11. The highest BCUT2D eigenvalue weighted by Crippen LogP contribution is 2.20. The minimum absolute atomic E-state index is 0.411. The van der Waals surface area contributed by atoms with Crippen molar-refractivity contribution < 1.29 is 14.6 Å². The van der Waals surface area contributed by atoms with E-state index in [-0.39, 0.29) is 0 Å². The van der Waals surface area contributed by atoms with Crippen LogP contribution in [0.15, 0.2) is 115 Å². The number of hydrogen-bond donors (Lipinski definition) is 1. The van der Waals surface area contributed by atoms with Gasteiger partial charge in [-0.2, -0.15) is 0 Å². The summed E-state index contributed by atoms with van der Waals surface area (Å²) in [4.78, 5) is 14.4. The van der Waals surface area contributed by atoms with Gasteiger partial charge in [0.05, 0.1) is 0 Å². The van der Waals surface area contributed by atoms with Gasteiger partial charge in [-0.05, 0) is 40.8 Å². The lowest BCUT2D eigenvalue weighted by Crippen LogP contribution is -2.42. The van der Waals surface area contributed by atoms with Crippen LogP contribution in [0.5, 0.6) is 5.75 Å². The molecule has 34 heavy (non-hydrogen) atoms. The minimum atomic E-state index is -0.823. The fourth-order valence-corrected chi connectivity index (χ4v) is 3.97. The molecule has 1 unspecified atom stereocenters. The molecule has 0 fully saturated rings. The molecule has 0 aliphatic heterocycles. The number of hydrogen-bond acceptors (Lipinski definition) is 3. The maximum Gasteiger partial charge on any atom is 0.321 e. The number of carbonyl (C=O) groups is 1. The molecular formula is C30H29NO3. The minimum Gasteiger partial charge on any atom is -0.489 e. The first kappa shape index (κ1) is 23.3. The first-order valence-electron chi connectivity index (χ1n) is 11.5. The molecule has 0 saturated heterocycles. The van der Waals surface area contributed by atoms with Crippen molar-refractivity contribution in [2.45, 2.75) is 32.2 Å². The van der Waals surface area contributed by atoms with Gasteiger partial charge in [-0.3, -0.25) is 9.69 Å². The highest BCUT2D eigenvalue weighted by molar-refractivity contribution is 5.74. The van der Waals surface area contributed by atoms with Gasteiger partial charge in [0.25, 0.3) is 0 Å². The quantitative estimate of drug-likeness (QED) is 0.306. The topological polar surface area (TPSA) is 49.8 Å². The lowest BCUT2D eigenvalue weighted by Gasteiger charge is -2.29. The Kier molecular flexibility index (Phi) is 8.09. The van der Waals surface area contributed by atoms with Gasteiger partial charge in [0, 0.05) is 13.1 Å². The Bertz CT molecular complexity index is 1100. The molecule has 4 aromatic carbocycles. The average molecular weight is 452 g/mol. The molecule has 0 saturated carbocycles. The van der Waals surface area contributed by atoms with Gasteiger partial charge in [0.15, 0.2) is 0 Å². The molecule has 0 radical (unpaired) electrons. The summed E-state index contributed by atoms with van der Waals surface area (Å²) in [5.41, 5.74) is 4.25. The van der Waals surface area contributed by atoms with Gasteiger partial charge >= 0.3 is 5.97 Å². The molecule has 4 heteroatoms. The molecule has 0 aliphatic rings. The first-order chi connectivity index (χ1) is 16.7. The van der Waals surface area contributed by atoms with Crippen molar-refractivity contribution in [1.82, 2.24) is 4.90 Å². The third-order valence-corrected chi connectivity index (χ3v) is 5.78. The van der Waals surface area contributed by atoms with E-state index in [1.54, 1.807) is 0 Å². The van der Waals surface area contributed by atoms with Crippen LogP contribution in [-0.4, -0.2) is 22.0 Å². The lowest BCUT2D eigenvalue weighted by molar-refractivity contribution is -0.143. The number of benzene rings is 4. The summed E-state index contributed by atoms with van der Waals surface area (Å²) in [5, 5.41) is 10.2. The monoisotopic (exact) mass is 451 g/mol. The van der Waals surface area contributed by atoms with Gasteiger partial charge in [-0.1, -0.05) is 103 Å². The zero-order chi connectivity index (χ0) is 23.6. The Hall–Kier alpha value is -3.89. The summed E-state index contributed by atoms with van der Waals surface area (Å²) in [6.45, 7) is 1.62. The molecule has 0 bridgehead atoms. The molecule has 0 spiro atoms. The number of carboxylic acids is 1. The molecular weight excluding hydrogens is 422 g/mol. The van der Waals surface area contributed by atoms with Gasteiger partial charge in [0.1, 0.15) is 18.4 Å². The van der Waals surface area contributed by atoms with Crippen molar-refractivity contribution in [3.05, 3.63) is 138 Å². The van der Waals surface area contributed by atoms with Crippen molar-refractivity contribution in [2.75, 3.05) is 0 Å². The van der Waals surface area contributed by atoms with Crippen LogP contribution in [0.25, 0.3) is 0 Å². The fraction of sp³-hybridized carbons (Fsp3) is 0.167.